The molecule has 0 saturated heterocycles. The molecule has 72 valence electrons. The lowest BCUT2D eigenvalue weighted by Gasteiger charge is -2.15. The lowest BCUT2D eigenvalue weighted by atomic mass is 9.92. The molecule has 3 heteroatoms. The third-order valence-corrected chi connectivity index (χ3v) is 2.42. The summed E-state index contributed by atoms with van der Waals surface area (Å²) in [7, 11) is 1.67. The van der Waals surface area contributed by atoms with Gasteiger partial charge >= 0.3 is 0 Å². The summed E-state index contributed by atoms with van der Waals surface area (Å²) in [6.07, 6.45) is 0. The van der Waals surface area contributed by atoms with Crippen molar-refractivity contribution in [1.82, 2.24) is 0 Å². The van der Waals surface area contributed by atoms with Crippen LogP contribution in [0.5, 0.6) is 0 Å². The number of carbonyl (C=O) groups excluding carboxylic acids is 1. The van der Waals surface area contributed by atoms with Gasteiger partial charge in [-0.1, -0.05) is 20.8 Å². The van der Waals surface area contributed by atoms with Gasteiger partial charge in [-0.05, 0) is 0 Å². The smallest absolute Gasteiger partial charge is 0.148 e. The van der Waals surface area contributed by atoms with E-state index in [2.05, 4.69) is 0 Å². The fourth-order valence-electron chi connectivity index (χ4n) is 0.524. The van der Waals surface area contributed by atoms with Crippen molar-refractivity contribution in [2.75, 3.05) is 25.2 Å². The van der Waals surface area contributed by atoms with Crippen molar-refractivity contribution in [1.29, 1.82) is 0 Å². The minimum atomic E-state index is -0.194. The molecule has 0 rings (SSSR count). The van der Waals surface area contributed by atoms with Gasteiger partial charge in [0.1, 0.15) is 5.78 Å². The first-order valence-electron chi connectivity index (χ1n) is 4.08. The zero-order chi connectivity index (χ0) is 9.61. The summed E-state index contributed by atoms with van der Waals surface area (Å²) in [6, 6.07) is 0. The summed E-state index contributed by atoms with van der Waals surface area (Å²) in [5.74, 6) is 1.81. The first kappa shape index (κ1) is 12.0. The van der Waals surface area contributed by atoms with Crippen molar-refractivity contribution >= 4 is 17.5 Å². The van der Waals surface area contributed by atoms with Gasteiger partial charge in [0, 0.05) is 18.3 Å². The highest BCUT2D eigenvalue weighted by atomic mass is 32.2. The molecule has 0 saturated carbocycles. The standard InChI is InChI=1S/C9H18O2S/c1-9(2,3)8(10)7-12-6-5-11-4/h5-7H2,1-4H3. The minimum Gasteiger partial charge on any atom is -0.384 e. The van der Waals surface area contributed by atoms with Crippen LogP contribution in [-0.4, -0.2) is 31.0 Å². The van der Waals surface area contributed by atoms with Crippen LogP contribution in [0.25, 0.3) is 0 Å². The first-order valence-corrected chi connectivity index (χ1v) is 5.24. The molecule has 0 bridgehead atoms. The number of ether oxygens (including phenoxy) is 1. The second-order valence-corrected chi connectivity index (χ2v) is 4.82. The quantitative estimate of drug-likeness (QED) is 0.620. The number of rotatable bonds is 5. The molecule has 0 N–H and O–H groups in total. The summed E-state index contributed by atoms with van der Waals surface area (Å²) in [4.78, 5) is 11.4. The third kappa shape index (κ3) is 5.61. The summed E-state index contributed by atoms with van der Waals surface area (Å²) in [5, 5.41) is 0. The highest BCUT2D eigenvalue weighted by Gasteiger charge is 2.20. The van der Waals surface area contributed by atoms with Crippen LogP contribution in [0.4, 0.5) is 0 Å². The summed E-state index contributed by atoms with van der Waals surface area (Å²) in [6.45, 7) is 6.58. The van der Waals surface area contributed by atoms with E-state index in [9.17, 15) is 4.79 Å². The van der Waals surface area contributed by atoms with E-state index in [-0.39, 0.29) is 5.41 Å². The number of Topliss-reactive ketones (excluding diaryl/α,β-unsaturated/α-hetero) is 1. The van der Waals surface area contributed by atoms with Crippen LogP contribution in [0.15, 0.2) is 0 Å². The topological polar surface area (TPSA) is 26.3 Å². The molecule has 0 fully saturated rings. The number of methoxy groups -OCH3 is 1. The Labute approximate surface area is 79.1 Å². The Morgan fingerprint density at radius 3 is 2.42 bits per heavy atom. The lowest BCUT2D eigenvalue weighted by molar-refractivity contribution is -0.123. The van der Waals surface area contributed by atoms with Gasteiger partial charge in [0.05, 0.1) is 12.4 Å². The Morgan fingerprint density at radius 2 is 2.00 bits per heavy atom. The Balaban J connectivity index is 3.45. The number of thioether (sulfide) groups is 1. The van der Waals surface area contributed by atoms with Crippen LogP contribution in [0.3, 0.4) is 0 Å². The molecule has 0 atom stereocenters. The number of carbonyl (C=O) groups is 1. The first-order chi connectivity index (χ1) is 5.48. The Kier molecular flexibility index (Phi) is 5.59. The van der Waals surface area contributed by atoms with E-state index in [0.29, 0.717) is 11.5 Å². The van der Waals surface area contributed by atoms with E-state index in [0.717, 1.165) is 12.4 Å². The van der Waals surface area contributed by atoms with Crippen molar-refractivity contribution < 1.29 is 9.53 Å². The SMILES string of the molecule is COCCSCC(=O)C(C)(C)C. The highest BCUT2D eigenvalue weighted by molar-refractivity contribution is 7.99. The summed E-state index contributed by atoms with van der Waals surface area (Å²) < 4.78 is 4.88. The zero-order valence-electron chi connectivity index (χ0n) is 8.35. The molecule has 0 heterocycles. The predicted molar refractivity (Wildman–Crippen MR) is 53.7 cm³/mol. The molecule has 0 aromatic rings. The molecule has 0 aliphatic carbocycles. The average molecular weight is 190 g/mol. The molecular weight excluding hydrogens is 172 g/mol. The number of hydrogen-bond donors (Lipinski definition) is 0. The van der Waals surface area contributed by atoms with Crippen LogP contribution < -0.4 is 0 Å². The van der Waals surface area contributed by atoms with Gasteiger partial charge in [0.25, 0.3) is 0 Å². The van der Waals surface area contributed by atoms with Gasteiger partial charge in [-0.3, -0.25) is 4.79 Å². The van der Waals surface area contributed by atoms with Crippen LogP contribution in [0, 0.1) is 5.41 Å². The second kappa shape index (κ2) is 5.60. The molecule has 0 aliphatic rings. The van der Waals surface area contributed by atoms with Crippen molar-refractivity contribution in [2.45, 2.75) is 20.8 Å². The zero-order valence-corrected chi connectivity index (χ0v) is 9.16. The second-order valence-electron chi connectivity index (χ2n) is 3.72. The lowest BCUT2D eigenvalue weighted by Crippen LogP contribution is -2.22. The average Bonchev–Trinajstić information content (AvgIpc) is 1.96. The van der Waals surface area contributed by atoms with Crippen molar-refractivity contribution in [3.05, 3.63) is 0 Å². The molecule has 2 nitrogen and oxygen atoms in total. The van der Waals surface area contributed by atoms with Crippen LogP contribution in [0.1, 0.15) is 20.8 Å². The maximum absolute atomic E-state index is 11.4. The van der Waals surface area contributed by atoms with Crippen molar-refractivity contribution in [2.24, 2.45) is 5.41 Å². The normalized spacial score (nSPS) is 11.7. The molecular formula is C9H18O2S. The van der Waals surface area contributed by atoms with Gasteiger partial charge in [-0.15, -0.1) is 0 Å². The minimum absolute atomic E-state index is 0.194. The molecule has 0 radical (unpaired) electrons. The van der Waals surface area contributed by atoms with E-state index >= 15 is 0 Å². The Hall–Kier alpha value is -0.0200. The monoisotopic (exact) mass is 190 g/mol. The van der Waals surface area contributed by atoms with Gasteiger partial charge in [-0.2, -0.15) is 11.8 Å². The van der Waals surface area contributed by atoms with Crippen LogP contribution >= 0.6 is 11.8 Å². The summed E-state index contributed by atoms with van der Waals surface area (Å²) in [5.41, 5.74) is -0.194. The molecule has 0 unspecified atom stereocenters. The fourth-order valence-corrected chi connectivity index (χ4v) is 1.57. The maximum Gasteiger partial charge on any atom is 0.148 e. The van der Waals surface area contributed by atoms with Crippen LogP contribution in [-0.2, 0) is 9.53 Å². The molecule has 0 aliphatic heterocycles. The largest absolute Gasteiger partial charge is 0.384 e. The van der Waals surface area contributed by atoms with E-state index in [1.807, 2.05) is 20.8 Å². The molecule has 0 amide bonds. The molecule has 12 heavy (non-hydrogen) atoms. The van der Waals surface area contributed by atoms with E-state index < -0.39 is 0 Å². The molecule has 0 aromatic carbocycles. The van der Waals surface area contributed by atoms with Gasteiger partial charge in [0.2, 0.25) is 0 Å². The fraction of sp³-hybridized carbons (Fsp3) is 0.889. The number of hydrogen-bond acceptors (Lipinski definition) is 3. The third-order valence-electron chi connectivity index (χ3n) is 1.50. The number of ketones is 1. The van der Waals surface area contributed by atoms with Gasteiger partial charge in [-0.25, -0.2) is 0 Å². The summed E-state index contributed by atoms with van der Waals surface area (Å²) >= 11 is 1.64. The van der Waals surface area contributed by atoms with Crippen LogP contribution in [0.2, 0.25) is 0 Å². The predicted octanol–water partition coefficient (Wildman–Crippen LogP) is 1.98. The maximum atomic E-state index is 11.4. The van der Waals surface area contributed by atoms with E-state index in [1.165, 1.54) is 0 Å². The van der Waals surface area contributed by atoms with Crippen molar-refractivity contribution in [3.63, 3.8) is 0 Å². The van der Waals surface area contributed by atoms with Gasteiger partial charge in [0.15, 0.2) is 0 Å². The molecule has 0 aromatic heterocycles. The van der Waals surface area contributed by atoms with E-state index in [4.69, 9.17) is 4.74 Å². The van der Waals surface area contributed by atoms with Gasteiger partial charge < -0.3 is 4.74 Å². The highest BCUT2D eigenvalue weighted by Crippen LogP contribution is 2.17. The Morgan fingerprint density at radius 1 is 1.42 bits per heavy atom. The van der Waals surface area contributed by atoms with Crippen molar-refractivity contribution in [3.8, 4) is 0 Å². The Bertz CT molecular complexity index is 138. The molecule has 0 spiro atoms. The van der Waals surface area contributed by atoms with E-state index in [1.54, 1.807) is 18.9 Å².